The minimum Gasteiger partial charge on any atom is -0.494 e. The van der Waals surface area contributed by atoms with Gasteiger partial charge in [-0.25, -0.2) is 4.98 Å². The molecule has 2 N–H and O–H groups in total. The molecule has 7 nitrogen and oxygen atoms in total. The monoisotopic (exact) mass is 466 g/mol. The molecule has 1 fully saturated rings. The Hall–Kier alpha value is -2.97. The van der Waals surface area contributed by atoms with Gasteiger partial charge in [-0.15, -0.1) is 0 Å². The summed E-state index contributed by atoms with van der Waals surface area (Å²) in [5.74, 6) is 0.708. The highest BCUT2D eigenvalue weighted by Gasteiger charge is 2.26. The van der Waals surface area contributed by atoms with Crippen molar-refractivity contribution in [1.29, 1.82) is 0 Å². The van der Waals surface area contributed by atoms with Crippen LogP contribution < -0.4 is 15.4 Å². The van der Waals surface area contributed by atoms with Crippen LogP contribution in [0.1, 0.15) is 30.9 Å². The molecule has 1 saturated heterocycles. The molecule has 8 heteroatoms. The van der Waals surface area contributed by atoms with Gasteiger partial charge in [0.25, 0.3) is 0 Å². The molecule has 3 aromatic rings. The average Bonchev–Trinajstić information content (AvgIpc) is 3.18. The first-order valence-electron chi connectivity index (χ1n) is 11.3. The summed E-state index contributed by atoms with van der Waals surface area (Å²) < 4.78 is 6.53. The van der Waals surface area contributed by atoms with Gasteiger partial charge in [0.05, 0.1) is 23.4 Å². The van der Waals surface area contributed by atoms with E-state index in [1.165, 1.54) is 16.9 Å². The van der Waals surface area contributed by atoms with Crippen molar-refractivity contribution in [3.8, 4) is 5.75 Å². The van der Waals surface area contributed by atoms with Crippen LogP contribution in [-0.4, -0.2) is 47.9 Å². The maximum absolute atomic E-state index is 12.8. The first-order valence-corrected chi connectivity index (χ1v) is 12.2. The minimum absolute atomic E-state index is 0.00142. The molecule has 0 spiro atoms. The zero-order valence-electron chi connectivity index (χ0n) is 19.3. The van der Waals surface area contributed by atoms with Gasteiger partial charge in [-0.05, 0) is 76.5 Å². The Morgan fingerprint density at radius 3 is 2.64 bits per heavy atom. The number of piperidine rings is 1. The lowest BCUT2D eigenvalue weighted by Gasteiger charge is -2.30. The molecular weight excluding hydrogens is 436 g/mol. The summed E-state index contributed by atoms with van der Waals surface area (Å²) in [5.41, 5.74) is 3.93. The van der Waals surface area contributed by atoms with Gasteiger partial charge < -0.3 is 15.4 Å². The number of carbonyl (C=O) groups is 2. The van der Waals surface area contributed by atoms with Crippen LogP contribution in [0.3, 0.4) is 0 Å². The molecule has 1 aliphatic heterocycles. The number of benzene rings is 2. The molecule has 1 aromatic heterocycles. The fourth-order valence-electron chi connectivity index (χ4n) is 4.12. The second-order valence-electron chi connectivity index (χ2n) is 8.49. The third-order valence-electron chi connectivity index (χ3n) is 5.88. The van der Waals surface area contributed by atoms with Crippen molar-refractivity contribution in [2.45, 2.75) is 33.6 Å². The van der Waals surface area contributed by atoms with E-state index < -0.39 is 0 Å². The van der Waals surface area contributed by atoms with Crippen molar-refractivity contribution in [3.63, 3.8) is 0 Å². The first-order chi connectivity index (χ1) is 15.9. The fourth-order valence-corrected chi connectivity index (χ4v) is 5.02. The number of aromatic nitrogens is 1. The highest BCUT2D eigenvalue weighted by atomic mass is 32.1. The van der Waals surface area contributed by atoms with Gasteiger partial charge in [0.2, 0.25) is 11.8 Å². The lowest BCUT2D eigenvalue weighted by atomic mass is 9.96. The topological polar surface area (TPSA) is 83.6 Å². The molecule has 1 aliphatic rings. The predicted octanol–water partition coefficient (Wildman–Crippen LogP) is 4.60. The smallest absolute Gasteiger partial charge is 0.238 e. The average molecular weight is 467 g/mol. The third kappa shape index (κ3) is 5.89. The lowest BCUT2D eigenvalue weighted by molar-refractivity contribution is -0.121. The summed E-state index contributed by atoms with van der Waals surface area (Å²) in [6.45, 7) is 8.36. The van der Waals surface area contributed by atoms with Crippen LogP contribution in [0.4, 0.5) is 10.8 Å². The number of carbonyl (C=O) groups excluding carboxylic acids is 2. The summed E-state index contributed by atoms with van der Waals surface area (Å²) >= 11 is 1.46. The normalized spacial score (nSPS) is 14.9. The van der Waals surface area contributed by atoms with E-state index in [0.29, 0.717) is 18.3 Å². The largest absolute Gasteiger partial charge is 0.494 e. The number of ether oxygens (including phenoxy) is 1. The van der Waals surface area contributed by atoms with Gasteiger partial charge in [0, 0.05) is 11.6 Å². The molecule has 33 heavy (non-hydrogen) atoms. The van der Waals surface area contributed by atoms with Gasteiger partial charge in [-0.2, -0.15) is 0 Å². The standard InChI is InChI=1S/C25H30N4O3S/c1-4-32-19-6-8-21-22(14-19)33-25(27-21)28-24(31)18-9-11-29(12-10-18)15-23(30)26-20-7-5-16(2)13-17(20)3/h5-8,13-14,18H,4,9-12,15H2,1-3H3,(H,26,30)(H,27,28,31). The number of thiazole rings is 1. The molecule has 0 saturated carbocycles. The molecule has 2 aromatic carbocycles. The van der Waals surface area contributed by atoms with Crippen LogP contribution in [0.25, 0.3) is 10.2 Å². The summed E-state index contributed by atoms with van der Waals surface area (Å²) in [7, 11) is 0. The van der Waals surface area contributed by atoms with E-state index in [-0.39, 0.29) is 17.7 Å². The Balaban J connectivity index is 1.26. The van der Waals surface area contributed by atoms with Gasteiger partial charge in [-0.3, -0.25) is 14.5 Å². The summed E-state index contributed by atoms with van der Waals surface area (Å²) in [4.78, 5) is 31.9. The molecule has 174 valence electrons. The van der Waals surface area contributed by atoms with Crippen LogP contribution in [0.5, 0.6) is 5.75 Å². The number of rotatable bonds is 7. The maximum Gasteiger partial charge on any atom is 0.238 e. The molecule has 2 heterocycles. The maximum atomic E-state index is 12.8. The van der Waals surface area contributed by atoms with E-state index in [1.807, 2.05) is 51.1 Å². The number of nitrogens with one attached hydrogen (secondary N) is 2. The van der Waals surface area contributed by atoms with E-state index in [4.69, 9.17) is 4.74 Å². The zero-order valence-corrected chi connectivity index (χ0v) is 20.1. The van der Waals surface area contributed by atoms with Crippen LogP contribution in [0.2, 0.25) is 0 Å². The highest BCUT2D eigenvalue weighted by molar-refractivity contribution is 7.22. The quantitative estimate of drug-likeness (QED) is 0.532. The summed E-state index contributed by atoms with van der Waals surface area (Å²) in [5, 5.41) is 6.59. The van der Waals surface area contributed by atoms with Crippen molar-refractivity contribution in [2.75, 3.05) is 36.9 Å². The van der Waals surface area contributed by atoms with Crippen molar-refractivity contribution >= 4 is 44.2 Å². The number of anilines is 2. The predicted molar refractivity (Wildman–Crippen MR) is 133 cm³/mol. The molecule has 0 unspecified atom stereocenters. The Morgan fingerprint density at radius 1 is 1.12 bits per heavy atom. The lowest BCUT2D eigenvalue weighted by Crippen LogP contribution is -2.41. The van der Waals surface area contributed by atoms with Crippen LogP contribution in [0, 0.1) is 19.8 Å². The van der Waals surface area contributed by atoms with Gasteiger partial charge in [0.15, 0.2) is 5.13 Å². The van der Waals surface area contributed by atoms with Crippen molar-refractivity contribution in [3.05, 3.63) is 47.5 Å². The van der Waals surface area contributed by atoms with Crippen LogP contribution in [0.15, 0.2) is 36.4 Å². The Labute approximate surface area is 198 Å². The Kier molecular flexibility index (Phi) is 7.25. The Morgan fingerprint density at radius 2 is 1.91 bits per heavy atom. The van der Waals surface area contributed by atoms with Gasteiger partial charge in [0.1, 0.15) is 5.75 Å². The minimum atomic E-state index is -0.0744. The number of fused-ring (bicyclic) bond motifs is 1. The fraction of sp³-hybridized carbons (Fsp3) is 0.400. The number of hydrogen-bond donors (Lipinski definition) is 2. The number of amides is 2. The molecular formula is C25H30N4O3S. The van der Waals surface area contributed by atoms with E-state index in [0.717, 1.165) is 53.1 Å². The van der Waals surface area contributed by atoms with Crippen molar-refractivity contribution < 1.29 is 14.3 Å². The summed E-state index contributed by atoms with van der Waals surface area (Å²) in [6, 6.07) is 11.8. The van der Waals surface area contributed by atoms with E-state index in [9.17, 15) is 9.59 Å². The highest BCUT2D eigenvalue weighted by Crippen LogP contribution is 2.30. The van der Waals surface area contributed by atoms with E-state index >= 15 is 0 Å². The van der Waals surface area contributed by atoms with E-state index in [1.54, 1.807) is 0 Å². The third-order valence-corrected chi connectivity index (χ3v) is 6.82. The number of likely N-dealkylation sites (tertiary alicyclic amines) is 1. The second-order valence-corrected chi connectivity index (χ2v) is 9.52. The first kappa shape index (κ1) is 23.2. The zero-order chi connectivity index (χ0) is 23.4. The van der Waals surface area contributed by atoms with Crippen LogP contribution in [-0.2, 0) is 9.59 Å². The Bertz CT molecular complexity index is 1150. The van der Waals surface area contributed by atoms with Crippen LogP contribution >= 0.6 is 11.3 Å². The molecule has 0 bridgehead atoms. The summed E-state index contributed by atoms with van der Waals surface area (Å²) in [6.07, 6.45) is 1.45. The molecule has 0 aliphatic carbocycles. The molecule has 4 rings (SSSR count). The SMILES string of the molecule is CCOc1ccc2nc(NC(=O)C3CCN(CC(=O)Nc4ccc(C)cc4C)CC3)sc2c1. The van der Waals surface area contributed by atoms with Gasteiger partial charge in [-0.1, -0.05) is 29.0 Å². The molecule has 0 radical (unpaired) electrons. The number of nitrogens with zero attached hydrogens (tertiary/aromatic N) is 2. The molecule has 0 atom stereocenters. The second kappa shape index (κ2) is 10.3. The van der Waals surface area contributed by atoms with Crippen molar-refractivity contribution in [1.82, 2.24) is 9.88 Å². The number of hydrogen-bond acceptors (Lipinski definition) is 6. The van der Waals surface area contributed by atoms with E-state index in [2.05, 4.69) is 26.6 Å². The van der Waals surface area contributed by atoms with Gasteiger partial charge >= 0.3 is 0 Å². The molecule has 2 amide bonds. The number of aryl methyl sites for hydroxylation is 2. The van der Waals surface area contributed by atoms with Crippen molar-refractivity contribution in [2.24, 2.45) is 5.92 Å².